The third kappa shape index (κ3) is 2.57. The van der Waals surface area contributed by atoms with E-state index in [0.29, 0.717) is 19.5 Å². The Balaban J connectivity index is 1.35. The molecule has 0 spiro atoms. The van der Waals surface area contributed by atoms with Gasteiger partial charge in [-0.3, -0.25) is 9.69 Å². The van der Waals surface area contributed by atoms with Crippen molar-refractivity contribution in [1.29, 1.82) is 0 Å². The van der Waals surface area contributed by atoms with E-state index in [2.05, 4.69) is 9.62 Å². The Morgan fingerprint density at radius 3 is 2.77 bits per heavy atom. The highest BCUT2D eigenvalue weighted by Gasteiger charge is 2.61. The van der Waals surface area contributed by atoms with E-state index >= 15 is 0 Å². The lowest BCUT2D eigenvalue weighted by Gasteiger charge is -2.31. The number of carbonyl (C=O) groups is 1. The fourth-order valence-corrected chi connectivity index (χ4v) is 7.81. The summed E-state index contributed by atoms with van der Waals surface area (Å²) in [5.74, 6) is 2.53. The minimum absolute atomic E-state index is 0.0759. The Morgan fingerprint density at radius 2 is 2.00 bits per heavy atom. The maximum absolute atomic E-state index is 12.2. The van der Waals surface area contributed by atoms with Crippen molar-refractivity contribution in [1.82, 2.24) is 9.62 Å². The van der Waals surface area contributed by atoms with Gasteiger partial charge in [0.05, 0.1) is 11.8 Å². The molecule has 6 nitrogen and oxygen atoms in total. The Bertz CT molecular complexity index is 561. The largest absolute Gasteiger partial charge is 0.461 e. The Labute approximate surface area is 135 Å². The quantitative estimate of drug-likeness (QED) is 0.720. The van der Waals surface area contributed by atoms with Gasteiger partial charge < -0.3 is 4.74 Å². The van der Waals surface area contributed by atoms with Crippen molar-refractivity contribution < 1.29 is 17.9 Å². The van der Waals surface area contributed by atoms with Gasteiger partial charge in [0.25, 0.3) is 0 Å². The van der Waals surface area contributed by atoms with E-state index in [1.54, 1.807) is 0 Å². The number of nitrogens with zero attached hydrogens (tertiary/aromatic N) is 1. The molecule has 2 saturated carbocycles. The normalized spacial score (nSPS) is 43.2. The molecule has 8 heteroatoms. The summed E-state index contributed by atoms with van der Waals surface area (Å²) >= 11 is 1.92. The molecule has 5 atom stereocenters. The van der Waals surface area contributed by atoms with Crippen molar-refractivity contribution in [3.8, 4) is 0 Å². The molecule has 4 rings (SSSR count). The van der Waals surface area contributed by atoms with E-state index < -0.39 is 10.0 Å². The average Bonchev–Trinajstić information content (AvgIpc) is 3.12. The zero-order valence-corrected chi connectivity index (χ0v) is 14.1. The summed E-state index contributed by atoms with van der Waals surface area (Å²) in [6, 6.07) is 0. The number of hydrogen-bond donors (Lipinski definition) is 1. The molecular formula is C14H22N2O4S2. The molecule has 2 bridgehead atoms. The van der Waals surface area contributed by atoms with Crippen molar-refractivity contribution in [3.05, 3.63) is 0 Å². The van der Waals surface area contributed by atoms with Crippen LogP contribution in [0.1, 0.15) is 12.8 Å². The second-order valence-electron chi connectivity index (χ2n) is 6.83. The summed E-state index contributed by atoms with van der Waals surface area (Å²) in [5, 5.41) is -0.244. The third-order valence-electron chi connectivity index (χ3n) is 5.64. The Morgan fingerprint density at radius 1 is 1.23 bits per heavy atom. The standard InChI is InChI=1S/C14H22N2O4S2/c17-13(8-16-1-3-21-4-2-16)20-12-6-9-5-10(12)11-7-15-22(18,19)14(9)11/h9-12,14-15H,1-8H2. The van der Waals surface area contributed by atoms with Crippen molar-refractivity contribution in [2.45, 2.75) is 24.2 Å². The van der Waals surface area contributed by atoms with Gasteiger partial charge >= 0.3 is 5.97 Å². The SMILES string of the molecule is O=C(CN1CCSCC1)OC1CC2CC1C1CNS(=O)(=O)C21. The summed E-state index contributed by atoms with van der Waals surface area (Å²) in [5.41, 5.74) is 0. The van der Waals surface area contributed by atoms with Crippen LogP contribution in [0.4, 0.5) is 0 Å². The predicted octanol–water partition coefficient (Wildman–Crippen LogP) is -0.0954. The highest BCUT2D eigenvalue weighted by Crippen LogP contribution is 2.53. The second kappa shape index (κ2) is 5.65. The van der Waals surface area contributed by atoms with Crippen molar-refractivity contribution in [2.24, 2.45) is 17.8 Å². The van der Waals surface area contributed by atoms with Crippen LogP contribution >= 0.6 is 11.8 Å². The van der Waals surface area contributed by atoms with Crippen LogP contribution in [0.15, 0.2) is 0 Å². The van der Waals surface area contributed by atoms with E-state index in [1.165, 1.54) is 0 Å². The van der Waals surface area contributed by atoms with Crippen molar-refractivity contribution in [2.75, 3.05) is 37.7 Å². The van der Waals surface area contributed by atoms with Crippen LogP contribution in [0.25, 0.3) is 0 Å². The van der Waals surface area contributed by atoms with Gasteiger partial charge in [0, 0.05) is 37.1 Å². The number of rotatable bonds is 3. The number of nitrogens with one attached hydrogen (secondary N) is 1. The topological polar surface area (TPSA) is 75.7 Å². The summed E-state index contributed by atoms with van der Waals surface area (Å²) in [6.45, 7) is 2.79. The van der Waals surface area contributed by atoms with Gasteiger partial charge in [-0.15, -0.1) is 0 Å². The summed E-state index contributed by atoms with van der Waals surface area (Å²) < 4.78 is 32.4. The molecule has 2 aliphatic heterocycles. The molecule has 1 N–H and O–H groups in total. The van der Waals surface area contributed by atoms with Gasteiger partial charge in [-0.05, 0) is 24.7 Å². The molecule has 22 heavy (non-hydrogen) atoms. The number of fused-ring (bicyclic) bond motifs is 5. The fraction of sp³-hybridized carbons (Fsp3) is 0.929. The van der Waals surface area contributed by atoms with E-state index in [1.807, 2.05) is 11.8 Å². The lowest BCUT2D eigenvalue weighted by Crippen LogP contribution is -2.41. The Hall–Kier alpha value is -0.310. The monoisotopic (exact) mass is 346 g/mol. The highest BCUT2D eigenvalue weighted by atomic mass is 32.2. The zero-order chi connectivity index (χ0) is 15.3. The summed E-state index contributed by atoms with van der Waals surface area (Å²) in [6.07, 6.45) is 1.54. The first kappa shape index (κ1) is 15.2. The van der Waals surface area contributed by atoms with Crippen LogP contribution in [-0.2, 0) is 19.6 Å². The van der Waals surface area contributed by atoms with Gasteiger partial charge in [-0.1, -0.05) is 0 Å². The lowest BCUT2D eigenvalue weighted by atomic mass is 9.86. The predicted molar refractivity (Wildman–Crippen MR) is 84.1 cm³/mol. The van der Waals surface area contributed by atoms with E-state index in [4.69, 9.17) is 4.74 Å². The summed E-state index contributed by atoms with van der Waals surface area (Å²) in [7, 11) is -3.13. The third-order valence-corrected chi connectivity index (χ3v) is 8.60. The van der Waals surface area contributed by atoms with E-state index in [0.717, 1.165) is 31.0 Å². The van der Waals surface area contributed by atoms with E-state index in [-0.39, 0.29) is 35.1 Å². The first-order valence-corrected chi connectivity index (χ1v) is 10.7. The molecule has 2 saturated heterocycles. The van der Waals surface area contributed by atoms with Crippen LogP contribution in [-0.4, -0.2) is 68.3 Å². The average molecular weight is 346 g/mol. The van der Waals surface area contributed by atoms with Crippen LogP contribution in [0.3, 0.4) is 0 Å². The van der Waals surface area contributed by atoms with Crippen LogP contribution in [0.2, 0.25) is 0 Å². The molecule has 0 radical (unpaired) electrons. The summed E-state index contributed by atoms with van der Waals surface area (Å²) in [4.78, 5) is 14.3. The number of ether oxygens (including phenoxy) is 1. The van der Waals surface area contributed by atoms with Crippen LogP contribution in [0.5, 0.6) is 0 Å². The molecule has 5 unspecified atom stereocenters. The molecule has 4 fully saturated rings. The number of hydrogen-bond acceptors (Lipinski definition) is 6. The fourth-order valence-electron chi connectivity index (χ4n) is 4.73. The highest BCUT2D eigenvalue weighted by molar-refractivity contribution is 7.99. The first-order chi connectivity index (χ1) is 10.5. The Kier molecular flexibility index (Phi) is 3.91. The second-order valence-corrected chi connectivity index (χ2v) is 9.98. The smallest absolute Gasteiger partial charge is 0.320 e. The molecule has 2 aliphatic carbocycles. The molecule has 4 aliphatic rings. The zero-order valence-electron chi connectivity index (χ0n) is 12.4. The van der Waals surface area contributed by atoms with Gasteiger partial charge in [-0.2, -0.15) is 11.8 Å². The molecule has 2 heterocycles. The molecule has 124 valence electrons. The van der Waals surface area contributed by atoms with E-state index in [9.17, 15) is 13.2 Å². The van der Waals surface area contributed by atoms with Gasteiger partial charge in [0.15, 0.2) is 0 Å². The minimum atomic E-state index is -3.13. The number of sulfonamides is 1. The molecule has 0 amide bonds. The molecular weight excluding hydrogens is 324 g/mol. The maximum Gasteiger partial charge on any atom is 0.320 e. The first-order valence-electron chi connectivity index (χ1n) is 8.02. The molecule has 0 aromatic heterocycles. The van der Waals surface area contributed by atoms with Crippen molar-refractivity contribution in [3.63, 3.8) is 0 Å². The van der Waals surface area contributed by atoms with Crippen molar-refractivity contribution >= 4 is 27.8 Å². The lowest BCUT2D eigenvalue weighted by molar-refractivity contribution is -0.153. The van der Waals surface area contributed by atoms with Crippen LogP contribution in [0, 0.1) is 17.8 Å². The number of thioether (sulfide) groups is 1. The van der Waals surface area contributed by atoms with Gasteiger partial charge in [0.2, 0.25) is 10.0 Å². The maximum atomic E-state index is 12.2. The van der Waals surface area contributed by atoms with Crippen LogP contribution < -0.4 is 4.72 Å². The number of carbonyl (C=O) groups excluding carboxylic acids is 1. The molecule has 0 aromatic rings. The van der Waals surface area contributed by atoms with Gasteiger partial charge in [-0.25, -0.2) is 13.1 Å². The minimum Gasteiger partial charge on any atom is -0.461 e. The number of esters is 1. The molecule has 0 aromatic carbocycles. The van der Waals surface area contributed by atoms with Gasteiger partial charge in [0.1, 0.15) is 6.10 Å².